The molecule has 2 heterocycles. The van der Waals surface area contributed by atoms with Gasteiger partial charge in [-0.2, -0.15) is 0 Å². The molecule has 0 fully saturated rings. The molecule has 4 nitrogen and oxygen atoms in total. The van der Waals surface area contributed by atoms with Crippen molar-refractivity contribution in [1.82, 2.24) is 19.7 Å². The van der Waals surface area contributed by atoms with Crippen LogP contribution >= 0.6 is 11.8 Å². The number of rotatable bonds is 4. The summed E-state index contributed by atoms with van der Waals surface area (Å²) in [5.41, 5.74) is 2.51. The van der Waals surface area contributed by atoms with E-state index in [0.717, 1.165) is 49.8 Å². The van der Waals surface area contributed by atoms with Crippen LogP contribution in [0.1, 0.15) is 11.4 Å². The summed E-state index contributed by atoms with van der Waals surface area (Å²) in [5, 5.41) is 8.87. The minimum Gasteiger partial charge on any atom is -0.310 e. The third kappa shape index (κ3) is 3.62. The highest BCUT2D eigenvalue weighted by Gasteiger charge is 2.19. The Morgan fingerprint density at radius 1 is 0.920 bits per heavy atom. The molecule has 0 spiro atoms. The fraction of sp³-hybridized carbons (Fsp3) is 0.300. The van der Waals surface area contributed by atoms with Crippen LogP contribution in [0, 0.1) is 0 Å². The van der Waals surface area contributed by atoms with Crippen molar-refractivity contribution < 1.29 is 0 Å². The van der Waals surface area contributed by atoms with Crippen LogP contribution in [-0.2, 0) is 19.5 Å². The molecule has 0 bridgehead atoms. The lowest BCUT2D eigenvalue weighted by molar-refractivity contribution is 0.271. The van der Waals surface area contributed by atoms with E-state index in [4.69, 9.17) is 0 Å². The van der Waals surface area contributed by atoms with Crippen molar-refractivity contribution in [2.24, 2.45) is 0 Å². The van der Waals surface area contributed by atoms with E-state index in [1.54, 1.807) is 11.8 Å². The van der Waals surface area contributed by atoms with Gasteiger partial charge in [-0.05, 0) is 24.0 Å². The maximum absolute atomic E-state index is 4.44. The van der Waals surface area contributed by atoms with E-state index in [1.807, 2.05) is 6.07 Å². The molecule has 0 aliphatic carbocycles. The number of thioether (sulfide) groups is 1. The van der Waals surface area contributed by atoms with Gasteiger partial charge < -0.3 is 4.57 Å². The first-order chi connectivity index (χ1) is 12.3. The van der Waals surface area contributed by atoms with Gasteiger partial charge in [0.15, 0.2) is 5.82 Å². The number of benzene rings is 2. The second kappa shape index (κ2) is 7.42. The first-order valence-electron chi connectivity index (χ1n) is 8.66. The Kier molecular flexibility index (Phi) is 4.85. The highest BCUT2D eigenvalue weighted by Crippen LogP contribution is 2.21. The summed E-state index contributed by atoms with van der Waals surface area (Å²) >= 11 is 1.79. The van der Waals surface area contributed by atoms with E-state index < -0.39 is 0 Å². The predicted molar refractivity (Wildman–Crippen MR) is 103 cm³/mol. The number of aromatic nitrogens is 3. The number of fused-ring (bicyclic) bond motifs is 1. The van der Waals surface area contributed by atoms with Gasteiger partial charge in [0.05, 0.1) is 0 Å². The Hall–Kier alpha value is -2.11. The van der Waals surface area contributed by atoms with Gasteiger partial charge in [0.1, 0.15) is 5.82 Å². The fourth-order valence-corrected chi connectivity index (χ4v) is 3.72. The molecule has 0 amide bonds. The van der Waals surface area contributed by atoms with Gasteiger partial charge in [0.2, 0.25) is 0 Å². The van der Waals surface area contributed by atoms with E-state index in [-0.39, 0.29) is 0 Å². The minimum absolute atomic E-state index is 0.940. The van der Waals surface area contributed by atoms with Crippen LogP contribution < -0.4 is 0 Å². The first-order valence-corrected chi connectivity index (χ1v) is 9.89. The monoisotopic (exact) mass is 350 g/mol. The van der Waals surface area contributed by atoms with Crippen LogP contribution in [0.25, 0.3) is 11.4 Å². The summed E-state index contributed by atoms with van der Waals surface area (Å²) in [6.45, 7) is 3.98. The average molecular weight is 350 g/mol. The fourth-order valence-electron chi connectivity index (χ4n) is 3.31. The largest absolute Gasteiger partial charge is 0.310 e. The lowest BCUT2D eigenvalue weighted by atomic mass is 10.2. The lowest BCUT2D eigenvalue weighted by Gasteiger charge is -2.19. The molecular formula is C20H22N4S. The van der Waals surface area contributed by atoms with Gasteiger partial charge in [-0.15, -0.1) is 22.0 Å². The van der Waals surface area contributed by atoms with Crippen molar-refractivity contribution in [3.63, 3.8) is 0 Å². The molecule has 3 aromatic rings. The van der Waals surface area contributed by atoms with Crippen molar-refractivity contribution in [3.8, 4) is 11.4 Å². The van der Waals surface area contributed by atoms with Gasteiger partial charge >= 0.3 is 0 Å². The Bertz CT molecular complexity index is 827. The topological polar surface area (TPSA) is 34.0 Å². The second-order valence-corrected chi connectivity index (χ2v) is 7.21. The van der Waals surface area contributed by atoms with Crippen LogP contribution in [0.4, 0.5) is 0 Å². The molecule has 5 heteroatoms. The summed E-state index contributed by atoms with van der Waals surface area (Å²) in [5.74, 6) is 2.08. The quantitative estimate of drug-likeness (QED) is 0.672. The smallest absolute Gasteiger partial charge is 0.164 e. The SMILES string of the molecule is CSc1ccc(CN2CCc3nnc(-c4ccccc4)n3CC2)cc1. The number of nitrogens with zero attached hydrogens (tertiary/aromatic N) is 4. The Labute approximate surface area is 152 Å². The average Bonchev–Trinajstić information content (AvgIpc) is 2.98. The maximum Gasteiger partial charge on any atom is 0.164 e. The van der Waals surface area contributed by atoms with Gasteiger partial charge in [0.25, 0.3) is 0 Å². The summed E-state index contributed by atoms with van der Waals surface area (Å²) in [6, 6.07) is 19.3. The van der Waals surface area contributed by atoms with Gasteiger partial charge in [-0.1, -0.05) is 42.5 Å². The zero-order valence-corrected chi connectivity index (χ0v) is 15.2. The molecule has 1 aliphatic rings. The van der Waals surface area contributed by atoms with Crippen LogP contribution in [-0.4, -0.2) is 39.0 Å². The summed E-state index contributed by atoms with van der Waals surface area (Å²) in [4.78, 5) is 3.83. The molecule has 0 unspecified atom stereocenters. The number of hydrogen-bond acceptors (Lipinski definition) is 4. The van der Waals surface area contributed by atoms with Crippen molar-refractivity contribution in [3.05, 3.63) is 66.0 Å². The highest BCUT2D eigenvalue weighted by atomic mass is 32.2. The predicted octanol–water partition coefficient (Wildman–Crippen LogP) is 3.73. The molecule has 1 aromatic heterocycles. The molecule has 1 aliphatic heterocycles. The van der Waals surface area contributed by atoms with Gasteiger partial charge in [0, 0.05) is 43.1 Å². The highest BCUT2D eigenvalue weighted by molar-refractivity contribution is 7.98. The summed E-state index contributed by atoms with van der Waals surface area (Å²) in [6.07, 6.45) is 3.06. The van der Waals surface area contributed by atoms with Crippen LogP contribution in [0.2, 0.25) is 0 Å². The van der Waals surface area contributed by atoms with E-state index in [9.17, 15) is 0 Å². The van der Waals surface area contributed by atoms with Crippen molar-refractivity contribution >= 4 is 11.8 Å². The molecule has 25 heavy (non-hydrogen) atoms. The number of hydrogen-bond donors (Lipinski definition) is 0. The van der Waals surface area contributed by atoms with Crippen LogP contribution in [0.3, 0.4) is 0 Å². The van der Waals surface area contributed by atoms with Crippen LogP contribution in [0.15, 0.2) is 59.5 Å². The molecule has 0 saturated carbocycles. The molecule has 0 atom stereocenters. The second-order valence-electron chi connectivity index (χ2n) is 6.33. The van der Waals surface area contributed by atoms with E-state index in [2.05, 4.69) is 74.5 Å². The minimum atomic E-state index is 0.940. The molecule has 0 radical (unpaired) electrons. The van der Waals surface area contributed by atoms with Crippen molar-refractivity contribution in [2.45, 2.75) is 24.4 Å². The van der Waals surface area contributed by atoms with Crippen LogP contribution in [0.5, 0.6) is 0 Å². The molecule has 0 saturated heterocycles. The normalized spacial score (nSPS) is 14.9. The zero-order chi connectivity index (χ0) is 17.1. The lowest BCUT2D eigenvalue weighted by Crippen LogP contribution is -2.26. The standard InChI is InChI=1S/C20H22N4S/c1-25-18-9-7-16(8-10-18)15-23-12-11-19-21-22-20(24(19)14-13-23)17-5-3-2-4-6-17/h2-10H,11-15H2,1H3. The van der Waals surface area contributed by atoms with Gasteiger partial charge in [-0.25, -0.2) is 0 Å². The molecule has 128 valence electrons. The maximum atomic E-state index is 4.44. The van der Waals surface area contributed by atoms with E-state index in [0.29, 0.717) is 0 Å². The Balaban J connectivity index is 1.47. The molecule has 2 aromatic carbocycles. The first kappa shape index (κ1) is 16.4. The molecule has 4 rings (SSSR count). The van der Waals surface area contributed by atoms with Gasteiger partial charge in [-0.3, -0.25) is 4.90 Å². The van der Waals surface area contributed by atoms with E-state index in [1.165, 1.54) is 10.5 Å². The summed E-state index contributed by atoms with van der Waals surface area (Å²) in [7, 11) is 0. The molecule has 0 N–H and O–H groups in total. The van der Waals surface area contributed by atoms with E-state index >= 15 is 0 Å². The summed E-state index contributed by atoms with van der Waals surface area (Å²) < 4.78 is 2.28. The third-order valence-electron chi connectivity index (χ3n) is 4.72. The van der Waals surface area contributed by atoms with Crippen molar-refractivity contribution in [1.29, 1.82) is 0 Å². The zero-order valence-electron chi connectivity index (χ0n) is 14.4. The van der Waals surface area contributed by atoms with Crippen molar-refractivity contribution in [2.75, 3.05) is 19.3 Å². The Morgan fingerprint density at radius 2 is 1.72 bits per heavy atom. The Morgan fingerprint density at radius 3 is 2.48 bits per heavy atom. The molecular weight excluding hydrogens is 328 g/mol. The third-order valence-corrected chi connectivity index (χ3v) is 5.46.